The number of nitrogens with one attached hydrogen (secondary N) is 1. The largest absolute Gasteiger partial charge is 0.462 e. The molecule has 0 spiro atoms. The quantitative estimate of drug-likeness (QED) is 0.194. The smallest absolute Gasteiger partial charge is 0.459 e. The Morgan fingerprint density at radius 1 is 1.33 bits per heavy atom. The van der Waals surface area contributed by atoms with Gasteiger partial charge in [-0.3, -0.25) is 23.8 Å². The highest BCUT2D eigenvalue weighted by Crippen LogP contribution is 2.47. The molecule has 14 heteroatoms. The van der Waals surface area contributed by atoms with Crippen LogP contribution < -0.4 is 9.61 Å². The molecule has 0 saturated carbocycles. The summed E-state index contributed by atoms with van der Waals surface area (Å²) in [4.78, 5) is 36.6. The molecule has 0 aromatic heterocycles. The van der Waals surface area contributed by atoms with Gasteiger partial charge < -0.3 is 19.1 Å². The topological polar surface area (TPSA) is 141 Å². The van der Waals surface area contributed by atoms with Crippen LogP contribution in [0.1, 0.15) is 27.2 Å². The molecule has 11 nitrogen and oxygen atoms in total. The number of esters is 1. The number of aliphatic hydroxyl groups is 1. The summed E-state index contributed by atoms with van der Waals surface area (Å²) in [6.45, 7) is 3.96. The lowest BCUT2D eigenvalue weighted by atomic mass is 10.1. The molecule has 0 bridgehead atoms. The maximum Gasteiger partial charge on any atom is 0.459 e. The fourth-order valence-electron chi connectivity index (χ4n) is 3.37. The molecule has 0 radical (unpaired) electrons. The van der Waals surface area contributed by atoms with Crippen LogP contribution in [0, 0.1) is 0 Å². The summed E-state index contributed by atoms with van der Waals surface area (Å²) in [5.74, 6) is -1.85. The fraction of sp³-hybridized carbons (Fsp3) is 0.500. The minimum absolute atomic E-state index is 0.134. The summed E-state index contributed by atoms with van der Waals surface area (Å²) in [7, 11) is -4.33. The minimum Gasteiger partial charge on any atom is -0.462 e. The molecule has 0 unspecified atom stereocenters. The summed E-state index contributed by atoms with van der Waals surface area (Å²) < 4.78 is 50.2. The second kappa shape index (κ2) is 11.4. The molecule has 1 saturated heterocycles. The average Bonchev–Trinajstić information content (AvgIpc) is 3.01. The molecular weight excluding hydrogens is 522 g/mol. The first-order valence-corrected chi connectivity index (χ1v) is 13.0. The van der Waals surface area contributed by atoms with Crippen molar-refractivity contribution in [3.05, 3.63) is 42.6 Å². The van der Waals surface area contributed by atoms with Crippen LogP contribution in [0.25, 0.3) is 0 Å². The van der Waals surface area contributed by atoms with Crippen molar-refractivity contribution in [2.24, 2.45) is 0 Å². The number of carbonyl (C=O) groups is 3. The van der Waals surface area contributed by atoms with E-state index in [4.69, 9.17) is 30.1 Å². The highest BCUT2D eigenvalue weighted by Gasteiger charge is 2.60. The van der Waals surface area contributed by atoms with E-state index in [2.05, 4.69) is 5.09 Å². The number of ether oxygens (including phenoxy) is 2. The molecular formula is C22H27ClFN2O9P. The standard InChI is InChI=1S/C22H27ClFN2O9P/c1-13(2)33-20(30)14(3)25-36(31,35-16-7-5-4-6-8-16)32-12-17-19(29)22(23,24)21(34-17)26-10-9-15(27)11-18(26)28/h4-10,13-14,17,19,21,29H,11-12H2,1-3H3,(H,25,31)/t14-,17+,19+,21+,22+,36-/m0/s1. The van der Waals surface area contributed by atoms with Crippen molar-refractivity contribution in [3.63, 3.8) is 0 Å². The van der Waals surface area contributed by atoms with Crippen molar-refractivity contribution in [2.45, 2.75) is 62.9 Å². The molecule has 1 fully saturated rings. The maximum absolute atomic E-state index is 15.2. The summed E-state index contributed by atoms with van der Waals surface area (Å²) >= 11 is 5.88. The Balaban J connectivity index is 1.76. The fourth-order valence-corrected chi connectivity index (χ4v) is 5.17. The van der Waals surface area contributed by atoms with Gasteiger partial charge in [0.1, 0.15) is 24.0 Å². The Morgan fingerprint density at radius 2 is 2.00 bits per heavy atom. The zero-order valence-electron chi connectivity index (χ0n) is 19.7. The monoisotopic (exact) mass is 548 g/mol. The van der Waals surface area contributed by atoms with Gasteiger partial charge in [-0.2, -0.15) is 5.09 Å². The number of allylic oxidation sites excluding steroid dienone is 1. The number of halogens is 2. The third-order valence-electron chi connectivity index (χ3n) is 5.10. The number of ketones is 1. The summed E-state index contributed by atoms with van der Waals surface area (Å²) in [6, 6.07) is 6.78. The van der Waals surface area contributed by atoms with Gasteiger partial charge in [0.15, 0.2) is 12.0 Å². The van der Waals surface area contributed by atoms with Crippen molar-refractivity contribution < 1.29 is 47.0 Å². The van der Waals surface area contributed by atoms with Crippen molar-refractivity contribution >= 4 is 37.0 Å². The average molecular weight is 549 g/mol. The van der Waals surface area contributed by atoms with Gasteiger partial charge in [0.25, 0.3) is 5.13 Å². The van der Waals surface area contributed by atoms with Crippen LogP contribution in [0.2, 0.25) is 0 Å². The van der Waals surface area contributed by atoms with Crippen LogP contribution in [0.3, 0.4) is 0 Å². The molecule has 2 aliphatic rings. The van der Waals surface area contributed by atoms with E-state index in [1.165, 1.54) is 19.1 Å². The van der Waals surface area contributed by atoms with Gasteiger partial charge in [0.2, 0.25) is 5.91 Å². The number of rotatable bonds is 10. The number of nitrogens with zero attached hydrogens (tertiary/aromatic N) is 1. The number of para-hydroxylation sites is 1. The Kier molecular flexibility index (Phi) is 8.92. The van der Waals surface area contributed by atoms with Crippen molar-refractivity contribution in [3.8, 4) is 5.75 Å². The first kappa shape index (κ1) is 28.2. The van der Waals surface area contributed by atoms with Gasteiger partial charge in [-0.05, 0) is 39.0 Å². The van der Waals surface area contributed by atoms with Gasteiger partial charge in [0, 0.05) is 6.20 Å². The van der Waals surface area contributed by atoms with Crippen LogP contribution >= 0.6 is 19.3 Å². The molecule has 1 aromatic rings. The van der Waals surface area contributed by atoms with E-state index in [1.807, 2.05) is 0 Å². The highest BCUT2D eigenvalue weighted by atomic mass is 35.5. The zero-order chi connectivity index (χ0) is 26.7. The van der Waals surface area contributed by atoms with Crippen LogP contribution in [0.5, 0.6) is 5.75 Å². The Morgan fingerprint density at radius 3 is 2.61 bits per heavy atom. The van der Waals surface area contributed by atoms with Crippen LogP contribution in [0.15, 0.2) is 42.6 Å². The SMILES string of the molecule is CC(C)OC(=O)[C@H](C)N[P@](=O)(OC[C@H]1O[C@@H](N2C=CC(=O)CC2=O)[C@@](F)(Cl)[C@@H]1O)Oc1ccccc1. The predicted molar refractivity (Wildman–Crippen MR) is 124 cm³/mol. The minimum atomic E-state index is -4.33. The lowest BCUT2D eigenvalue weighted by Crippen LogP contribution is -2.50. The molecule has 2 aliphatic heterocycles. The maximum atomic E-state index is 15.2. The number of aliphatic hydroxyl groups excluding tert-OH is 1. The Hall–Kier alpha value is -2.34. The van der Waals surface area contributed by atoms with Gasteiger partial charge in [-0.25, -0.2) is 8.96 Å². The molecule has 1 amide bonds. The van der Waals surface area contributed by atoms with Gasteiger partial charge in [-0.1, -0.05) is 29.8 Å². The summed E-state index contributed by atoms with van der Waals surface area (Å²) in [6.07, 6.45) is -4.19. The predicted octanol–water partition coefficient (Wildman–Crippen LogP) is 2.43. The molecule has 36 heavy (non-hydrogen) atoms. The second-order valence-corrected chi connectivity index (χ2v) is 10.7. The highest BCUT2D eigenvalue weighted by molar-refractivity contribution is 7.52. The van der Waals surface area contributed by atoms with Gasteiger partial charge >= 0.3 is 13.7 Å². The first-order chi connectivity index (χ1) is 16.8. The van der Waals surface area contributed by atoms with E-state index in [0.717, 1.165) is 17.2 Å². The first-order valence-electron chi connectivity index (χ1n) is 11.0. The van der Waals surface area contributed by atoms with Crippen molar-refractivity contribution in [1.82, 2.24) is 9.99 Å². The zero-order valence-corrected chi connectivity index (χ0v) is 21.4. The molecule has 2 N–H and O–H groups in total. The van der Waals surface area contributed by atoms with Crippen molar-refractivity contribution in [1.29, 1.82) is 0 Å². The number of benzene rings is 1. The van der Waals surface area contributed by atoms with E-state index in [9.17, 15) is 24.1 Å². The number of carbonyl (C=O) groups excluding carboxylic acids is 3. The molecule has 0 aliphatic carbocycles. The molecule has 3 rings (SSSR count). The van der Waals surface area contributed by atoms with Gasteiger partial charge in [0.05, 0.1) is 19.1 Å². The lowest BCUT2D eigenvalue weighted by molar-refractivity contribution is -0.149. The molecule has 198 valence electrons. The molecule has 2 heterocycles. The van der Waals surface area contributed by atoms with Crippen LogP contribution in [-0.4, -0.2) is 70.0 Å². The summed E-state index contributed by atoms with van der Waals surface area (Å²) in [5, 5.41) is 9.93. The normalized spacial score (nSPS) is 28.8. The van der Waals surface area contributed by atoms with E-state index >= 15 is 4.39 Å². The Labute approximate surface area is 212 Å². The number of amides is 1. The van der Waals surface area contributed by atoms with E-state index in [-0.39, 0.29) is 5.75 Å². The molecule has 6 atom stereocenters. The third kappa shape index (κ3) is 6.70. The number of hydrogen-bond acceptors (Lipinski definition) is 9. The summed E-state index contributed by atoms with van der Waals surface area (Å²) in [5.41, 5.74) is 0. The van der Waals surface area contributed by atoms with E-state index in [0.29, 0.717) is 0 Å². The van der Waals surface area contributed by atoms with Gasteiger partial charge in [-0.15, -0.1) is 0 Å². The van der Waals surface area contributed by atoms with Crippen molar-refractivity contribution in [2.75, 3.05) is 6.61 Å². The van der Waals surface area contributed by atoms with Crippen LogP contribution in [-0.2, 0) is 32.9 Å². The second-order valence-electron chi connectivity index (χ2n) is 8.44. The van der Waals surface area contributed by atoms with E-state index in [1.54, 1.807) is 32.0 Å². The third-order valence-corrected chi connectivity index (χ3v) is 7.16. The Bertz CT molecular complexity index is 1060. The number of hydrogen-bond donors (Lipinski definition) is 2. The number of alkyl halides is 2. The van der Waals surface area contributed by atoms with E-state index < -0.39 is 74.1 Å². The lowest BCUT2D eigenvalue weighted by Gasteiger charge is -2.31. The molecule has 1 aromatic carbocycles. The van der Waals surface area contributed by atoms with Crippen LogP contribution in [0.4, 0.5) is 4.39 Å².